The number of ketones is 3. The Labute approximate surface area is 195 Å². The number of carbonyl (C=O) groups is 3. The molecular formula is C28H45NO3. The lowest BCUT2D eigenvalue weighted by atomic mass is 9.43. The SMILES string of the molecule is CC(=O)CC[C@@H](C)[C@H]1CC[C@H]2[C@@H]3C(NC(C)C)C[C@@H]4CC(=O)CC[C@]4(C)[C@H]3CC(=O)[C@]12C. The van der Waals surface area contributed by atoms with E-state index < -0.39 is 0 Å². The van der Waals surface area contributed by atoms with Crippen LogP contribution in [0, 0.1) is 46.3 Å². The van der Waals surface area contributed by atoms with Crippen LogP contribution in [0.15, 0.2) is 0 Å². The average molecular weight is 444 g/mol. The second kappa shape index (κ2) is 8.64. The highest BCUT2D eigenvalue weighted by molar-refractivity contribution is 5.87. The summed E-state index contributed by atoms with van der Waals surface area (Å²) in [4.78, 5) is 37.9. The normalized spacial score (nSPS) is 44.7. The Hall–Kier alpha value is -1.03. The maximum atomic E-state index is 14.0. The maximum absolute atomic E-state index is 14.0. The van der Waals surface area contributed by atoms with Crippen LogP contribution in [0.2, 0.25) is 0 Å². The molecule has 4 aliphatic rings. The largest absolute Gasteiger partial charge is 0.311 e. The third-order valence-corrected chi connectivity index (χ3v) is 10.6. The molecule has 4 rings (SSSR count). The van der Waals surface area contributed by atoms with Gasteiger partial charge in [-0.3, -0.25) is 9.59 Å². The molecule has 1 unspecified atom stereocenters. The van der Waals surface area contributed by atoms with Gasteiger partial charge in [-0.1, -0.05) is 34.6 Å². The van der Waals surface area contributed by atoms with Gasteiger partial charge in [0.2, 0.25) is 0 Å². The van der Waals surface area contributed by atoms with Crippen molar-refractivity contribution in [2.75, 3.05) is 0 Å². The monoisotopic (exact) mass is 443 g/mol. The molecule has 4 fully saturated rings. The number of Topliss-reactive ketones (excluding diaryl/α,β-unsaturated/α-hetero) is 3. The molecule has 0 amide bonds. The standard InChI is InChI=1S/C28H45NO3/c1-16(2)29-24-14-19-13-20(31)11-12-27(19,5)23-15-25(32)28(6)21(9-10-22(28)26(23)24)17(3)7-8-18(4)30/h16-17,19,21-24,26,29H,7-15H2,1-6H3/t17-,19+,21-,22+,23+,24?,26+,27+,28-/m1/s1. The van der Waals surface area contributed by atoms with Crippen molar-refractivity contribution in [1.82, 2.24) is 5.32 Å². The van der Waals surface area contributed by atoms with Crippen LogP contribution in [0.4, 0.5) is 0 Å². The highest BCUT2D eigenvalue weighted by Crippen LogP contribution is 2.67. The highest BCUT2D eigenvalue weighted by atomic mass is 16.1. The van der Waals surface area contributed by atoms with Crippen LogP contribution in [0.5, 0.6) is 0 Å². The van der Waals surface area contributed by atoms with Gasteiger partial charge in [0, 0.05) is 43.2 Å². The van der Waals surface area contributed by atoms with Crippen molar-refractivity contribution in [3.8, 4) is 0 Å². The van der Waals surface area contributed by atoms with E-state index in [9.17, 15) is 14.4 Å². The van der Waals surface area contributed by atoms with Gasteiger partial charge in [0.15, 0.2) is 0 Å². The minimum absolute atomic E-state index is 0.114. The Kier molecular flexibility index (Phi) is 6.51. The highest BCUT2D eigenvalue weighted by Gasteiger charge is 2.65. The summed E-state index contributed by atoms with van der Waals surface area (Å²) in [5, 5.41) is 3.91. The zero-order valence-electron chi connectivity index (χ0n) is 21.2. The zero-order valence-corrected chi connectivity index (χ0v) is 21.2. The first-order valence-corrected chi connectivity index (χ1v) is 13.3. The zero-order chi connectivity index (χ0) is 23.4. The van der Waals surface area contributed by atoms with Crippen molar-refractivity contribution >= 4 is 17.3 Å². The molecule has 4 saturated carbocycles. The molecule has 0 radical (unpaired) electrons. The lowest BCUT2D eigenvalue weighted by Crippen LogP contribution is -2.64. The van der Waals surface area contributed by atoms with Crippen molar-refractivity contribution in [1.29, 1.82) is 0 Å². The molecule has 32 heavy (non-hydrogen) atoms. The van der Waals surface area contributed by atoms with E-state index in [2.05, 4.69) is 39.9 Å². The molecule has 4 aliphatic carbocycles. The van der Waals surface area contributed by atoms with Gasteiger partial charge in [-0.25, -0.2) is 0 Å². The maximum Gasteiger partial charge on any atom is 0.139 e. The van der Waals surface area contributed by atoms with Gasteiger partial charge >= 0.3 is 0 Å². The van der Waals surface area contributed by atoms with Gasteiger partial charge in [-0.2, -0.15) is 0 Å². The summed E-state index contributed by atoms with van der Waals surface area (Å²) in [6.07, 6.45) is 7.90. The minimum Gasteiger partial charge on any atom is -0.311 e. The number of rotatable bonds is 6. The average Bonchev–Trinajstić information content (AvgIpc) is 3.06. The topological polar surface area (TPSA) is 63.2 Å². The predicted octanol–water partition coefficient (Wildman–Crippen LogP) is 5.38. The Morgan fingerprint density at radius 3 is 2.47 bits per heavy atom. The Balaban J connectivity index is 1.67. The molecule has 4 nitrogen and oxygen atoms in total. The van der Waals surface area contributed by atoms with Crippen molar-refractivity contribution < 1.29 is 14.4 Å². The van der Waals surface area contributed by atoms with Gasteiger partial charge in [0.1, 0.15) is 17.3 Å². The van der Waals surface area contributed by atoms with E-state index in [1.54, 1.807) is 6.92 Å². The summed E-state index contributed by atoms with van der Waals surface area (Å²) < 4.78 is 0. The van der Waals surface area contributed by atoms with E-state index in [0.29, 0.717) is 84.8 Å². The van der Waals surface area contributed by atoms with E-state index in [1.807, 2.05) is 0 Å². The first kappa shape index (κ1) is 24.1. The van der Waals surface area contributed by atoms with Gasteiger partial charge in [0.25, 0.3) is 0 Å². The van der Waals surface area contributed by atoms with E-state index >= 15 is 0 Å². The van der Waals surface area contributed by atoms with E-state index in [4.69, 9.17) is 0 Å². The van der Waals surface area contributed by atoms with E-state index in [0.717, 1.165) is 32.1 Å². The first-order chi connectivity index (χ1) is 15.0. The van der Waals surface area contributed by atoms with Crippen LogP contribution in [-0.4, -0.2) is 29.4 Å². The molecular weight excluding hydrogens is 398 g/mol. The van der Waals surface area contributed by atoms with Crippen molar-refractivity contribution in [3.05, 3.63) is 0 Å². The number of nitrogens with one attached hydrogen (secondary N) is 1. The van der Waals surface area contributed by atoms with Crippen molar-refractivity contribution in [2.24, 2.45) is 46.3 Å². The predicted molar refractivity (Wildman–Crippen MR) is 127 cm³/mol. The van der Waals surface area contributed by atoms with Crippen LogP contribution in [0.3, 0.4) is 0 Å². The minimum atomic E-state index is -0.262. The van der Waals surface area contributed by atoms with Crippen LogP contribution in [0.25, 0.3) is 0 Å². The van der Waals surface area contributed by atoms with Gasteiger partial charge in [-0.15, -0.1) is 0 Å². The Morgan fingerprint density at radius 2 is 1.81 bits per heavy atom. The van der Waals surface area contributed by atoms with E-state index in [-0.39, 0.29) is 16.6 Å². The van der Waals surface area contributed by atoms with Crippen LogP contribution in [-0.2, 0) is 14.4 Å². The molecule has 4 heteroatoms. The fourth-order valence-electron chi connectivity index (χ4n) is 8.95. The number of hydrogen-bond acceptors (Lipinski definition) is 4. The molecule has 0 aliphatic heterocycles. The Bertz CT molecular complexity index is 775. The summed E-state index contributed by atoms with van der Waals surface area (Å²) in [5.41, 5.74) is -0.148. The first-order valence-electron chi connectivity index (χ1n) is 13.3. The second-order valence-electron chi connectivity index (χ2n) is 12.7. The molecule has 0 saturated heterocycles. The number of carbonyl (C=O) groups excluding carboxylic acids is 3. The fourth-order valence-corrected chi connectivity index (χ4v) is 8.95. The van der Waals surface area contributed by atoms with E-state index in [1.165, 1.54) is 0 Å². The number of hydrogen-bond donors (Lipinski definition) is 1. The summed E-state index contributed by atoms with van der Waals surface area (Å²) in [7, 11) is 0. The van der Waals surface area contributed by atoms with Crippen molar-refractivity contribution in [3.63, 3.8) is 0 Å². The van der Waals surface area contributed by atoms with Crippen LogP contribution >= 0.6 is 0 Å². The molecule has 0 aromatic heterocycles. The quantitative estimate of drug-likeness (QED) is 0.599. The van der Waals surface area contributed by atoms with Gasteiger partial charge in [0.05, 0.1) is 0 Å². The second-order valence-corrected chi connectivity index (χ2v) is 12.7. The van der Waals surface area contributed by atoms with Crippen LogP contribution < -0.4 is 5.32 Å². The third-order valence-electron chi connectivity index (χ3n) is 10.6. The molecule has 9 atom stereocenters. The molecule has 0 spiro atoms. The molecule has 0 heterocycles. The summed E-state index contributed by atoms with van der Waals surface area (Å²) in [6.45, 7) is 13.1. The third kappa shape index (κ3) is 3.83. The molecule has 0 aromatic carbocycles. The molecule has 0 bridgehead atoms. The molecule has 0 aromatic rings. The smallest absolute Gasteiger partial charge is 0.139 e. The fraction of sp³-hybridized carbons (Fsp3) is 0.893. The lowest BCUT2D eigenvalue weighted by Gasteiger charge is -2.62. The summed E-state index contributed by atoms with van der Waals surface area (Å²) in [5.74, 6) is 3.68. The molecule has 180 valence electrons. The summed E-state index contributed by atoms with van der Waals surface area (Å²) in [6, 6.07) is 0.799. The summed E-state index contributed by atoms with van der Waals surface area (Å²) >= 11 is 0. The Morgan fingerprint density at radius 1 is 1.09 bits per heavy atom. The van der Waals surface area contributed by atoms with Crippen molar-refractivity contribution in [2.45, 2.75) is 111 Å². The van der Waals surface area contributed by atoms with Gasteiger partial charge in [-0.05, 0) is 80.0 Å². The lowest BCUT2D eigenvalue weighted by molar-refractivity contribution is -0.163. The number of fused-ring (bicyclic) bond motifs is 5. The van der Waals surface area contributed by atoms with Crippen LogP contribution in [0.1, 0.15) is 99.3 Å². The molecule has 1 N–H and O–H groups in total. The van der Waals surface area contributed by atoms with Gasteiger partial charge < -0.3 is 10.1 Å².